The Balaban J connectivity index is 1.97. The van der Waals surface area contributed by atoms with E-state index in [4.69, 9.17) is 9.47 Å². The van der Waals surface area contributed by atoms with Crippen LogP contribution in [0.1, 0.15) is 76.9 Å². The van der Waals surface area contributed by atoms with Crippen molar-refractivity contribution in [3.05, 3.63) is 58.2 Å². The van der Waals surface area contributed by atoms with Gasteiger partial charge in [-0.25, -0.2) is 4.98 Å². The first-order valence-electron chi connectivity index (χ1n) is 17.1. The van der Waals surface area contributed by atoms with Gasteiger partial charge in [-0.1, -0.05) is 46.2 Å². The Labute approximate surface area is 296 Å². The van der Waals surface area contributed by atoms with Crippen molar-refractivity contribution in [1.82, 2.24) is 24.6 Å². The van der Waals surface area contributed by atoms with E-state index in [1.54, 1.807) is 46.3 Å². The number of carbonyl (C=O) groups is 4. The van der Waals surface area contributed by atoms with Crippen LogP contribution in [0.4, 0.5) is 0 Å². The minimum Gasteiger partial charge on any atom is -0.501 e. The molecule has 0 saturated carbocycles. The maximum atomic E-state index is 14.6. The van der Waals surface area contributed by atoms with Gasteiger partial charge in [0.1, 0.15) is 28.9 Å². The normalized spacial score (nSPS) is 17.2. The fraction of sp³-hybridized carbons (Fsp3) is 0.595. The smallest absolute Gasteiger partial charge is 0.250 e. The maximum absolute atomic E-state index is 14.6. The van der Waals surface area contributed by atoms with Gasteiger partial charge in [0, 0.05) is 51.8 Å². The van der Waals surface area contributed by atoms with Crippen LogP contribution in [0.3, 0.4) is 0 Å². The Kier molecular flexibility index (Phi) is 14.7. The summed E-state index contributed by atoms with van der Waals surface area (Å²) in [5.74, 6) is -0.148. The van der Waals surface area contributed by atoms with Crippen LogP contribution < -0.4 is 4.74 Å². The number of benzene rings is 1. The third kappa shape index (κ3) is 9.83. The number of hydrogen-bond acceptors (Lipinski definition) is 8. The zero-order valence-electron chi connectivity index (χ0n) is 30.8. The van der Waals surface area contributed by atoms with Gasteiger partial charge in [0.05, 0.1) is 26.0 Å². The number of likely N-dealkylation sites (N-methyl/N-ethyl adjacent to an activating group) is 3. The number of aromatic nitrogens is 1. The van der Waals surface area contributed by atoms with Crippen LogP contribution in [0.25, 0.3) is 0 Å². The highest BCUT2D eigenvalue weighted by atomic mass is 32.1. The Bertz CT molecular complexity index is 1430. The molecule has 1 aliphatic heterocycles. The van der Waals surface area contributed by atoms with E-state index < -0.39 is 24.0 Å². The molecular weight excluding hydrogens is 643 g/mol. The molecule has 12 heteroatoms. The lowest BCUT2D eigenvalue weighted by atomic mass is 9.93. The van der Waals surface area contributed by atoms with E-state index >= 15 is 0 Å². The summed E-state index contributed by atoms with van der Waals surface area (Å²) in [6.07, 6.45) is 6.10. The summed E-state index contributed by atoms with van der Waals surface area (Å²) in [5, 5.41) is 2.83. The minimum atomic E-state index is -0.921. The van der Waals surface area contributed by atoms with Crippen molar-refractivity contribution in [3.8, 4) is 5.75 Å². The summed E-state index contributed by atoms with van der Waals surface area (Å²) < 4.78 is 10.5. The van der Waals surface area contributed by atoms with E-state index in [2.05, 4.69) is 4.98 Å². The molecule has 0 aliphatic carbocycles. The molecule has 0 radical (unpaired) electrons. The summed E-state index contributed by atoms with van der Waals surface area (Å²) in [6.45, 7) is 10.3. The van der Waals surface area contributed by atoms with Crippen molar-refractivity contribution < 1.29 is 28.7 Å². The number of methoxy groups -OCH3 is 2. The lowest BCUT2D eigenvalue weighted by Crippen LogP contribution is -2.59. The first-order chi connectivity index (χ1) is 23.2. The summed E-state index contributed by atoms with van der Waals surface area (Å²) in [4.78, 5) is 67.6. The summed E-state index contributed by atoms with van der Waals surface area (Å²) >= 11 is 1.54. The first-order valence-corrected chi connectivity index (χ1v) is 18.0. The zero-order chi connectivity index (χ0) is 36.4. The second-order valence-electron chi connectivity index (χ2n) is 13.4. The molecule has 49 heavy (non-hydrogen) atoms. The third-order valence-corrected chi connectivity index (χ3v) is 10.5. The van der Waals surface area contributed by atoms with Gasteiger partial charge in [-0.3, -0.25) is 19.2 Å². The van der Waals surface area contributed by atoms with Crippen molar-refractivity contribution in [2.24, 2.45) is 11.8 Å². The predicted molar refractivity (Wildman–Crippen MR) is 192 cm³/mol. The van der Waals surface area contributed by atoms with Gasteiger partial charge < -0.3 is 29.1 Å². The molecule has 0 spiro atoms. The fourth-order valence-electron chi connectivity index (χ4n) is 6.37. The molecule has 2 aromatic rings. The molecule has 0 bridgehead atoms. The summed E-state index contributed by atoms with van der Waals surface area (Å²) in [5.41, 5.74) is 0.825. The average Bonchev–Trinajstić information content (AvgIpc) is 3.81. The third-order valence-electron chi connectivity index (χ3n) is 9.61. The van der Waals surface area contributed by atoms with Gasteiger partial charge >= 0.3 is 0 Å². The number of likely N-dealkylation sites (tertiary alicyclic amines) is 1. The number of nitrogens with zero attached hydrogens (tertiary/aromatic N) is 5. The molecule has 1 unspecified atom stereocenters. The lowest BCUT2D eigenvalue weighted by molar-refractivity contribution is -0.154. The molecule has 3 rings (SSSR count). The van der Waals surface area contributed by atoms with Gasteiger partial charge in [-0.15, -0.1) is 11.3 Å². The van der Waals surface area contributed by atoms with Crippen LogP contribution in [0.2, 0.25) is 0 Å². The Morgan fingerprint density at radius 2 is 1.65 bits per heavy atom. The molecule has 4 amide bonds. The number of carbonyl (C=O) groups excluding carboxylic acids is 4. The molecule has 5 atom stereocenters. The Morgan fingerprint density at radius 1 is 1.00 bits per heavy atom. The van der Waals surface area contributed by atoms with Crippen molar-refractivity contribution in [1.29, 1.82) is 0 Å². The van der Waals surface area contributed by atoms with E-state index in [9.17, 15) is 19.2 Å². The molecule has 11 nitrogen and oxygen atoms in total. The standard InChI is InChI=1S/C37H55N5O6S/c1-11-25(4)33(37(46)42-19-12-13-29(42)34-38-18-20-49-34)41(8)36(45)30(21-24(2)3)40(7)35(44)31(39(6)32(43)22-26(5)47-9)23-27-14-16-28(48-10)17-15-27/h14-18,20,22,24-25,29-31,33H,11-13,19,21,23H2,1-10H3/t25-,29-,30?,31-,33-/m0/s1. The van der Waals surface area contributed by atoms with Crippen LogP contribution in [-0.4, -0.2) is 108 Å². The molecule has 1 aromatic carbocycles. The Hall–Kier alpha value is -3.93. The topological polar surface area (TPSA) is 113 Å². The van der Waals surface area contributed by atoms with Crippen LogP contribution in [0, 0.1) is 11.8 Å². The number of rotatable bonds is 16. The van der Waals surface area contributed by atoms with Gasteiger partial charge in [0.15, 0.2) is 0 Å². The number of hydrogen-bond donors (Lipinski definition) is 0. The quantitative estimate of drug-likeness (QED) is 0.176. The highest BCUT2D eigenvalue weighted by molar-refractivity contribution is 7.09. The molecule has 1 aromatic heterocycles. The number of thiazole rings is 1. The number of amides is 4. The van der Waals surface area contributed by atoms with Crippen LogP contribution in [-0.2, 0) is 30.3 Å². The number of allylic oxidation sites excluding steroid dienone is 1. The van der Waals surface area contributed by atoms with Crippen molar-refractivity contribution in [2.45, 2.75) is 90.9 Å². The van der Waals surface area contributed by atoms with Gasteiger partial charge in [-0.2, -0.15) is 0 Å². The molecule has 2 heterocycles. The van der Waals surface area contributed by atoms with Crippen molar-refractivity contribution >= 4 is 35.0 Å². The second-order valence-corrected chi connectivity index (χ2v) is 14.3. The Morgan fingerprint density at radius 3 is 2.20 bits per heavy atom. The molecule has 270 valence electrons. The van der Waals surface area contributed by atoms with Gasteiger partial charge in [0.2, 0.25) is 23.6 Å². The van der Waals surface area contributed by atoms with Gasteiger partial charge in [-0.05, 0) is 55.7 Å². The molecule has 1 aliphatic rings. The summed E-state index contributed by atoms with van der Waals surface area (Å²) in [7, 11) is 7.95. The van der Waals surface area contributed by atoms with Crippen molar-refractivity contribution in [3.63, 3.8) is 0 Å². The summed E-state index contributed by atoms with van der Waals surface area (Å²) in [6, 6.07) is 4.74. The monoisotopic (exact) mass is 697 g/mol. The molecule has 1 fully saturated rings. The number of ether oxygens (including phenoxy) is 2. The van der Waals surface area contributed by atoms with E-state index in [0.29, 0.717) is 30.9 Å². The molecular formula is C37H55N5O6S. The van der Waals surface area contributed by atoms with Crippen molar-refractivity contribution in [2.75, 3.05) is 41.9 Å². The predicted octanol–water partition coefficient (Wildman–Crippen LogP) is 5.18. The SMILES string of the molecule is CC[C@H](C)[C@@H](C(=O)N1CCC[C@H]1c1nccs1)N(C)C(=O)C(CC(C)C)N(C)C(=O)[C@H](Cc1ccc(OC)cc1)N(C)C(=O)C=C(C)OC. The van der Waals surface area contributed by atoms with E-state index in [0.717, 1.165) is 23.4 Å². The van der Waals surface area contributed by atoms with E-state index in [-0.39, 0.29) is 42.0 Å². The fourth-order valence-corrected chi connectivity index (χ4v) is 7.15. The largest absolute Gasteiger partial charge is 0.501 e. The van der Waals surface area contributed by atoms with Crippen LogP contribution >= 0.6 is 11.3 Å². The highest BCUT2D eigenvalue weighted by Crippen LogP contribution is 2.35. The van der Waals surface area contributed by atoms with E-state index in [1.807, 2.05) is 62.2 Å². The zero-order valence-corrected chi connectivity index (χ0v) is 31.7. The second kappa shape index (κ2) is 18.2. The lowest BCUT2D eigenvalue weighted by Gasteiger charge is -2.40. The molecule has 0 N–H and O–H groups in total. The first kappa shape index (κ1) is 39.5. The highest BCUT2D eigenvalue weighted by Gasteiger charge is 2.43. The van der Waals surface area contributed by atoms with Crippen LogP contribution in [0.5, 0.6) is 5.75 Å². The van der Waals surface area contributed by atoms with Gasteiger partial charge in [0.25, 0.3) is 0 Å². The van der Waals surface area contributed by atoms with Crippen LogP contribution in [0.15, 0.2) is 47.7 Å². The molecule has 1 saturated heterocycles. The minimum absolute atomic E-state index is 0.0647. The van der Waals surface area contributed by atoms with E-state index in [1.165, 1.54) is 34.3 Å². The average molecular weight is 698 g/mol. The maximum Gasteiger partial charge on any atom is 0.250 e.